The monoisotopic (exact) mass is 278 g/mol. The minimum Gasteiger partial charge on any atom is -0.497 e. The number of hydrogen-bond donors (Lipinski definition) is 0. The summed E-state index contributed by atoms with van der Waals surface area (Å²) in [6, 6.07) is 7.85. The zero-order chi connectivity index (χ0) is 14.6. The van der Waals surface area contributed by atoms with Crippen LogP contribution in [0, 0.1) is 0 Å². The van der Waals surface area contributed by atoms with Crippen molar-refractivity contribution in [3.8, 4) is 5.75 Å². The lowest BCUT2D eigenvalue weighted by atomic mass is 10.2. The van der Waals surface area contributed by atoms with Crippen LogP contribution in [0.2, 0.25) is 0 Å². The third-order valence-corrected chi connectivity index (χ3v) is 2.79. The molecule has 0 aliphatic carbocycles. The second kappa shape index (κ2) is 10.0. The molecular formula is C16H22O4. The predicted octanol–water partition coefficient (Wildman–Crippen LogP) is 3.11. The van der Waals surface area contributed by atoms with Gasteiger partial charge in [-0.15, -0.1) is 0 Å². The number of benzene rings is 1. The molecule has 0 aliphatic rings. The van der Waals surface area contributed by atoms with Gasteiger partial charge in [-0.3, -0.25) is 0 Å². The second-order valence-electron chi connectivity index (χ2n) is 4.32. The van der Waals surface area contributed by atoms with E-state index in [2.05, 4.69) is 4.74 Å². The van der Waals surface area contributed by atoms with Crippen molar-refractivity contribution in [1.82, 2.24) is 0 Å². The Labute approximate surface area is 120 Å². The standard InChI is InChI=1S/C16H22O4/c1-18-15-10-8-14(9-11-15)13-20-12-6-4-3-5-7-16(17)19-2/h5,7-11H,3-4,6,12-13H2,1-2H3/b7-5+. The maximum atomic E-state index is 10.8. The average Bonchev–Trinajstić information content (AvgIpc) is 2.50. The molecule has 0 radical (unpaired) electrons. The van der Waals surface area contributed by atoms with Crippen molar-refractivity contribution in [2.24, 2.45) is 0 Å². The Kier molecular flexibility index (Phi) is 8.15. The van der Waals surface area contributed by atoms with Gasteiger partial charge in [0.25, 0.3) is 0 Å². The number of unbranched alkanes of at least 4 members (excludes halogenated alkanes) is 2. The number of carbonyl (C=O) groups excluding carboxylic acids is 1. The maximum Gasteiger partial charge on any atom is 0.330 e. The highest BCUT2D eigenvalue weighted by Crippen LogP contribution is 2.12. The Morgan fingerprint density at radius 2 is 1.90 bits per heavy atom. The molecule has 20 heavy (non-hydrogen) atoms. The zero-order valence-electron chi connectivity index (χ0n) is 12.1. The molecule has 0 aromatic heterocycles. The van der Waals surface area contributed by atoms with E-state index in [-0.39, 0.29) is 5.97 Å². The van der Waals surface area contributed by atoms with E-state index in [1.165, 1.54) is 13.2 Å². The fourth-order valence-electron chi connectivity index (χ4n) is 1.63. The first-order valence-electron chi connectivity index (χ1n) is 6.71. The van der Waals surface area contributed by atoms with Crippen molar-refractivity contribution in [1.29, 1.82) is 0 Å². The lowest BCUT2D eigenvalue weighted by Gasteiger charge is -2.05. The van der Waals surface area contributed by atoms with Gasteiger partial charge in [-0.25, -0.2) is 4.79 Å². The van der Waals surface area contributed by atoms with Gasteiger partial charge < -0.3 is 14.2 Å². The summed E-state index contributed by atoms with van der Waals surface area (Å²) >= 11 is 0. The molecule has 0 heterocycles. The third-order valence-electron chi connectivity index (χ3n) is 2.79. The number of carbonyl (C=O) groups is 1. The molecule has 0 fully saturated rings. The van der Waals surface area contributed by atoms with Crippen molar-refractivity contribution in [2.45, 2.75) is 25.9 Å². The topological polar surface area (TPSA) is 44.8 Å². The van der Waals surface area contributed by atoms with Crippen molar-refractivity contribution in [3.05, 3.63) is 42.0 Å². The van der Waals surface area contributed by atoms with Gasteiger partial charge in [0.2, 0.25) is 0 Å². The van der Waals surface area contributed by atoms with Gasteiger partial charge in [-0.2, -0.15) is 0 Å². The Morgan fingerprint density at radius 1 is 1.15 bits per heavy atom. The van der Waals surface area contributed by atoms with Crippen LogP contribution in [0.3, 0.4) is 0 Å². The fraction of sp³-hybridized carbons (Fsp3) is 0.438. The zero-order valence-corrected chi connectivity index (χ0v) is 12.1. The Balaban J connectivity index is 2.04. The number of esters is 1. The molecule has 0 bridgehead atoms. The molecule has 0 aliphatic heterocycles. The smallest absolute Gasteiger partial charge is 0.330 e. The van der Waals surface area contributed by atoms with Gasteiger partial charge in [0.1, 0.15) is 5.75 Å². The summed E-state index contributed by atoms with van der Waals surface area (Å²) in [5.74, 6) is 0.548. The van der Waals surface area contributed by atoms with E-state index in [9.17, 15) is 4.79 Å². The van der Waals surface area contributed by atoms with Crippen LogP contribution in [0.4, 0.5) is 0 Å². The highest BCUT2D eigenvalue weighted by atomic mass is 16.5. The predicted molar refractivity (Wildman–Crippen MR) is 77.7 cm³/mol. The van der Waals surface area contributed by atoms with Crippen LogP contribution in [-0.4, -0.2) is 26.8 Å². The Morgan fingerprint density at radius 3 is 2.55 bits per heavy atom. The van der Waals surface area contributed by atoms with Crippen molar-refractivity contribution < 1.29 is 19.0 Å². The number of hydrogen-bond acceptors (Lipinski definition) is 4. The van der Waals surface area contributed by atoms with Crippen LogP contribution >= 0.6 is 0 Å². The third kappa shape index (κ3) is 6.95. The van der Waals surface area contributed by atoms with E-state index in [1.807, 2.05) is 30.3 Å². The minimum atomic E-state index is -0.305. The summed E-state index contributed by atoms with van der Waals surface area (Å²) in [6.07, 6.45) is 6.12. The largest absolute Gasteiger partial charge is 0.497 e. The minimum absolute atomic E-state index is 0.305. The molecule has 0 saturated carbocycles. The van der Waals surface area contributed by atoms with Crippen LogP contribution in [0.1, 0.15) is 24.8 Å². The SMILES string of the molecule is COC(=O)/C=C/CCCCOCc1ccc(OC)cc1. The van der Waals surface area contributed by atoms with Gasteiger partial charge in [-0.05, 0) is 37.0 Å². The van der Waals surface area contributed by atoms with Crippen LogP contribution in [0.25, 0.3) is 0 Å². The molecule has 0 amide bonds. The molecule has 0 N–H and O–H groups in total. The molecule has 0 atom stereocenters. The average molecular weight is 278 g/mol. The van der Waals surface area contributed by atoms with Gasteiger partial charge in [0.05, 0.1) is 20.8 Å². The van der Waals surface area contributed by atoms with E-state index in [1.54, 1.807) is 7.11 Å². The molecule has 4 heteroatoms. The van der Waals surface area contributed by atoms with Gasteiger partial charge in [0, 0.05) is 12.7 Å². The molecule has 4 nitrogen and oxygen atoms in total. The Hall–Kier alpha value is -1.81. The summed E-state index contributed by atoms with van der Waals surface area (Å²) in [6.45, 7) is 1.33. The number of allylic oxidation sites excluding steroid dienone is 1. The van der Waals surface area contributed by atoms with Crippen LogP contribution in [-0.2, 0) is 20.9 Å². The van der Waals surface area contributed by atoms with Crippen LogP contribution in [0.15, 0.2) is 36.4 Å². The van der Waals surface area contributed by atoms with Crippen molar-refractivity contribution in [3.63, 3.8) is 0 Å². The van der Waals surface area contributed by atoms with Gasteiger partial charge in [0.15, 0.2) is 0 Å². The quantitative estimate of drug-likeness (QED) is 0.395. The number of methoxy groups -OCH3 is 2. The molecular weight excluding hydrogens is 256 g/mol. The molecule has 1 rings (SSSR count). The summed E-state index contributed by atoms with van der Waals surface area (Å²) in [4.78, 5) is 10.8. The molecule has 0 unspecified atom stereocenters. The summed E-state index contributed by atoms with van der Waals surface area (Å²) in [7, 11) is 3.03. The molecule has 110 valence electrons. The first kappa shape index (κ1) is 16.2. The Bertz CT molecular complexity index is 409. The van der Waals surface area contributed by atoms with Crippen molar-refractivity contribution >= 4 is 5.97 Å². The maximum absolute atomic E-state index is 10.8. The number of rotatable bonds is 9. The van der Waals surface area contributed by atoms with E-state index in [0.29, 0.717) is 6.61 Å². The van der Waals surface area contributed by atoms with Gasteiger partial charge >= 0.3 is 5.97 Å². The molecule has 0 saturated heterocycles. The fourth-order valence-corrected chi connectivity index (χ4v) is 1.63. The highest BCUT2D eigenvalue weighted by Gasteiger charge is 1.95. The van der Waals surface area contributed by atoms with E-state index >= 15 is 0 Å². The lowest BCUT2D eigenvalue weighted by Crippen LogP contribution is -1.96. The highest BCUT2D eigenvalue weighted by molar-refractivity contribution is 5.81. The summed E-state index contributed by atoms with van der Waals surface area (Å²) in [5, 5.41) is 0. The van der Waals surface area contributed by atoms with Crippen LogP contribution in [0.5, 0.6) is 5.75 Å². The van der Waals surface area contributed by atoms with E-state index in [4.69, 9.17) is 9.47 Å². The lowest BCUT2D eigenvalue weighted by molar-refractivity contribution is -0.134. The summed E-state index contributed by atoms with van der Waals surface area (Å²) in [5.41, 5.74) is 1.14. The second-order valence-corrected chi connectivity index (χ2v) is 4.32. The first-order chi connectivity index (χ1) is 9.76. The molecule has 1 aromatic rings. The van der Waals surface area contributed by atoms with Crippen LogP contribution < -0.4 is 4.74 Å². The van der Waals surface area contributed by atoms with Crippen molar-refractivity contribution in [2.75, 3.05) is 20.8 Å². The first-order valence-corrected chi connectivity index (χ1v) is 6.71. The molecule has 0 spiro atoms. The van der Waals surface area contributed by atoms with E-state index in [0.717, 1.165) is 37.2 Å². The number of ether oxygens (including phenoxy) is 3. The summed E-state index contributed by atoms with van der Waals surface area (Å²) < 4.78 is 15.2. The van der Waals surface area contributed by atoms with Gasteiger partial charge in [-0.1, -0.05) is 18.2 Å². The molecule has 1 aromatic carbocycles. The van der Waals surface area contributed by atoms with E-state index < -0.39 is 0 Å². The normalized spacial score (nSPS) is 10.7.